The van der Waals surface area contributed by atoms with E-state index in [0.29, 0.717) is 0 Å². The van der Waals surface area contributed by atoms with Gasteiger partial charge < -0.3 is 14.4 Å². The number of carbonyl (C=O) groups excluding carboxylic acids is 1. The van der Waals surface area contributed by atoms with E-state index >= 15 is 0 Å². The van der Waals surface area contributed by atoms with Gasteiger partial charge in [-0.3, -0.25) is 0 Å². The average molecular weight is 370 g/mol. The second-order valence-electron chi connectivity index (χ2n) is 8.68. The van der Waals surface area contributed by atoms with Gasteiger partial charge in [-0.25, -0.2) is 0 Å². The van der Waals surface area contributed by atoms with Crippen molar-refractivity contribution in [3.05, 3.63) is 12.2 Å². The molecule has 0 amide bonds. The van der Waals surface area contributed by atoms with Crippen molar-refractivity contribution in [3.8, 4) is 0 Å². The summed E-state index contributed by atoms with van der Waals surface area (Å²) in [5.74, 6) is -1.19. The molecule has 0 unspecified atom stereocenters. The standard InChI is InChI=1S/C19H42N.C4H6O2/c1-5-6-7-8-9-10-11-12-13-14-15-16-17-18-19-20(2,3)4;1-3(2)4(5)6/h5-19H2,1-4H3;1H2,2H3,(H,5,6)/q+1;/p-1. The predicted molar refractivity (Wildman–Crippen MR) is 113 cm³/mol. The third-order valence-corrected chi connectivity index (χ3v) is 4.53. The molecule has 0 aromatic carbocycles. The minimum atomic E-state index is -1.19. The zero-order valence-corrected chi connectivity index (χ0v) is 18.6. The molecule has 0 heterocycles. The van der Waals surface area contributed by atoms with Crippen molar-refractivity contribution in [1.29, 1.82) is 0 Å². The Labute approximate surface area is 164 Å². The van der Waals surface area contributed by atoms with Gasteiger partial charge in [0.05, 0.1) is 33.7 Å². The van der Waals surface area contributed by atoms with Crippen LogP contribution in [0, 0.1) is 0 Å². The van der Waals surface area contributed by atoms with Crippen molar-refractivity contribution in [2.24, 2.45) is 0 Å². The minimum absolute atomic E-state index is 0.0648. The lowest BCUT2D eigenvalue weighted by atomic mass is 10.0. The summed E-state index contributed by atoms with van der Waals surface area (Å²) in [5, 5.41) is 9.49. The Morgan fingerprint density at radius 2 is 1.00 bits per heavy atom. The monoisotopic (exact) mass is 369 g/mol. The third-order valence-electron chi connectivity index (χ3n) is 4.53. The largest absolute Gasteiger partial charge is 0.545 e. The van der Waals surface area contributed by atoms with E-state index in [2.05, 4.69) is 34.6 Å². The molecule has 0 atom stereocenters. The molecule has 0 bridgehead atoms. The Hall–Kier alpha value is -0.830. The van der Waals surface area contributed by atoms with Gasteiger partial charge in [-0.15, -0.1) is 0 Å². The lowest BCUT2D eigenvalue weighted by Gasteiger charge is -2.23. The summed E-state index contributed by atoms with van der Waals surface area (Å²) in [5.41, 5.74) is 0.0648. The molecule has 0 radical (unpaired) electrons. The zero-order valence-electron chi connectivity index (χ0n) is 18.6. The van der Waals surface area contributed by atoms with Gasteiger partial charge in [-0.05, 0) is 25.3 Å². The maximum absolute atomic E-state index is 9.49. The van der Waals surface area contributed by atoms with Crippen LogP contribution in [0.25, 0.3) is 0 Å². The van der Waals surface area contributed by atoms with Crippen molar-refractivity contribution < 1.29 is 14.4 Å². The number of quaternary nitrogens is 1. The molecule has 0 aliphatic heterocycles. The Morgan fingerprint density at radius 1 is 0.731 bits per heavy atom. The molecule has 3 heteroatoms. The van der Waals surface area contributed by atoms with Crippen molar-refractivity contribution in [2.75, 3.05) is 27.7 Å². The summed E-state index contributed by atoms with van der Waals surface area (Å²) in [6.45, 7) is 8.10. The molecule has 0 aliphatic carbocycles. The molecule has 156 valence electrons. The van der Waals surface area contributed by atoms with E-state index in [1.807, 2.05) is 0 Å². The fraction of sp³-hybridized carbons (Fsp3) is 0.870. The first-order chi connectivity index (χ1) is 12.2. The minimum Gasteiger partial charge on any atom is -0.545 e. The molecule has 0 aromatic heterocycles. The van der Waals surface area contributed by atoms with Crippen LogP contribution in [0.2, 0.25) is 0 Å². The first-order valence-electron chi connectivity index (χ1n) is 10.9. The number of unbranched alkanes of at least 4 members (excludes halogenated alkanes) is 13. The van der Waals surface area contributed by atoms with Crippen LogP contribution in [0.15, 0.2) is 12.2 Å². The highest BCUT2D eigenvalue weighted by Crippen LogP contribution is 2.13. The van der Waals surface area contributed by atoms with Gasteiger partial charge in [0, 0.05) is 0 Å². The highest BCUT2D eigenvalue weighted by atomic mass is 16.4. The van der Waals surface area contributed by atoms with E-state index in [1.54, 1.807) is 0 Å². The van der Waals surface area contributed by atoms with Gasteiger partial charge in [0.25, 0.3) is 0 Å². The van der Waals surface area contributed by atoms with Gasteiger partial charge in [0.1, 0.15) is 0 Å². The highest BCUT2D eigenvalue weighted by Gasteiger charge is 2.04. The molecule has 0 aliphatic rings. The van der Waals surface area contributed by atoms with Crippen molar-refractivity contribution in [3.63, 3.8) is 0 Å². The molecule has 0 saturated heterocycles. The molecule has 26 heavy (non-hydrogen) atoms. The topological polar surface area (TPSA) is 40.1 Å². The van der Waals surface area contributed by atoms with Crippen LogP contribution in [-0.4, -0.2) is 38.1 Å². The molecule has 0 saturated carbocycles. The Kier molecular flexibility index (Phi) is 20.0. The predicted octanol–water partition coefficient (Wildman–Crippen LogP) is 5.49. The number of aliphatic carboxylic acids is 1. The van der Waals surface area contributed by atoms with Crippen LogP contribution in [0.5, 0.6) is 0 Å². The number of hydrogen-bond donors (Lipinski definition) is 0. The van der Waals surface area contributed by atoms with Crippen LogP contribution in [0.1, 0.15) is 104 Å². The second kappa shape index (κ2) is 18.9. The molecule has 0 spiro atoms. The van der Waals surface area contributed by atoms with E-state index < -0.39 is 5.97 Å². The molecular weight excluding hydrogens is 322 g/mol. The lowest BCUT2D eigenvalue weighted by Crippen LogP contribution is -2.35. The number of nitrogens with zero attached hydrogens (tertiary/aromatic N) is 1. The average Bonchev–Trinajstić information content (AvgIpc) is 2.54. The smallest absolute Gasteiger partial charge is 0.0780 e. The Bertz CT molecular complexity index is 320. The third kappa shape index (κ3) is 28.0. The summed E-state index contributed by atoms with van der Waals surface area (Å²) >= 11 is 0. The lowest BCUT2D eigenvalue weighted by molar-refractivity contribution is -0.870. The number of carbonyl (C=O) groups is 1. The first-order valence-corrected chi connectivity index (χ1v) is 10.9. The fourth-order valence-corrected chi connectivity index (χ4v) is 2.78. The van der Waals surface area contributed by atoms with Crippen LogP contribution in [0.4, 0.5) is 0 Å². The van der Waals surface area contributed by atoms with Crippen LogP contribution < -0.4 is 5.11 Å². The SMILES string of the molecule is C=C(C)C(=O)[O-].CCCCCCCCCCCCCCCC[N+](C)(C)C. The number of carboxylic acids is 1. The van der Waals surface area contributed by atoms with Crippen molar-refractivity contribution in [2.45, 2.75) is 104 Å². The molecular formula is C23H47NO2. The van der Waals surface area contributed by atoms with Gasteiger partial charge in [-0.2, -0.15) is 0 Å². The quantitative estimate of drug-likeness (QED) is 0.205. The maximum Gasteiger partial charge on any atom is 0.0780 e. The molecule has 0 rings (SSSR count). The zero-order chi connectivity index (χ0) is 20.3. The molecule has 3 nitrogen and oxygen atoms in total. The first kappa shape index (κ1) is 27.4. The molecule has 0 N–H and O–H groups in total. The van der Waals surface area contributed by atoms with Crippen molar-refractivity contribution >= 4 is 5.97 Å². The van der Waals surface area contributed by atoms with Gasteiger partial charge in [-0.1, -0.05) is 90.6 Å². The van der Waals surface area contributed by atoms with E-state index in [-0.39, 0.29) is 5.57 Å². The van der Waals surface area contributed by atoms with E-state index in [9.17, 15) is 9.90 Å². The summed E-state index contributed by atoms with van der Waals surface area (Å²) in [6, 6.07) is 0. The van der Waals surface area contributed by atoms with Gasteiger partial charge >= 0.3 is 0 Å². The summed E-state index contributed by atoms with van der Waals surface area (Å²) in [7, 11) is 6.88. The fourth-order valence-electron chi connectivity index (χ4n) is 2.78. The van der Waals surface area contributed by atoms with E-state index in [1.165, 1.54) is 103 Å². The van der Waals surface area contributed by atoms with Crippen LogP contribution in [-0.2, 0) is 4.79 Å². The maximum atomic E-state index is 9.49. The summed E-state index contributed by atoms with van der Waals surface area (Å²) in [6.07, 6.45) is 20.4. The number of rotatable bonds is 16. The van der Waals surface area contributed by atoms with Gasteiger partial charge in [0.15, 0.2) is 0 Å². The van der Waals surface area contributed by atoms with E-state index in [4.69, 9.17) is 0 Å². The van der Waals surface area contributed by atoms with Crippen LogP contribution in [0.3, 0.4) is 0 Å². The molecule has 0 aromatic rings. The van der Waals surface area contributed by atoms with Crippen molar-refractivity contribution in [1.82, 2.24) is 0 Å². The summed E-state index contributed by atoms with van der Waals surface area (Å²) < 4.78 is 1.12. The number of hydrogen-bond acceptors (Lipinski definition) is 2. The Morgan fingerprint density at radius 3 is 1.23 bits per heavy atom. The van der Waals surface area contributed by atoms with Crippen LogP contribution >= 0.6 is 0 Å². The molecule has 0 fully saturated rings. The second-order valence-corrected chi connectivity index (χ2v) is 8.68. The highest BCUT2D eigenvalue weighted by molar-refractivity contribution is 5.82. The Balaban J connectivity index is 0. The van der Waals surface area contributed by atoms with Gasteiger partial charge in [0.2, 0.25) is 0 Å². The number of carboxylic acid groups (broad SMARTS) is 1. The summed E-state index contributed by atoms with van der Waals surface area (Å²) in [4.78, 5) is 9.49. The normalized spacial score (nSPS) is 11.0. The van der Waals surface area contributed by atoms with E-state index in [0.717, 1.165) is 4.48 Å².